The normalized spacial score (nSPS) is 12.9. The molecule has 0 unspecified atom stereocenters. The first-order valence-electron chi connectivity index (χ1n) is 21.8. The summed E-state index contributed by atoms with van der Waals surface area (Å²) < 4.78 is 9.63. The molecule has 1 aliphatic carbocycles. The highest BCUT2D eigenvalue weighted by Gasteiger charge is 2.27. The highest BCUT2D eigenvalue weighted by Crippen LogP contribution is 2.44. The van der Waals surface area contributed by atoms with Gasteiger partial charge < -0.3 is 4.57 Å². The second kappa shape index (κ2) is 14.8. The number of allylic oxidation sites excluding steroid dienone is 5. The van der Waals surface area contributed by atoms with Gasteiger partial charge in [0.15, 0.2) is 0 Å². The summed E-state index contributed by atoms with van der Waals surface area (Å²) in [5.74, 6) is 1.70. The molecule has 0 radical (unpaired) electrons. The summed E-state index contributed by atoms with van der Waals surface area (Å²) in [4.78, 5) is 5.78. The molecule has 0 saturated carbocycles. The van der Waals surface area contributed by atoms with Gasteiger partial charge in [-0.1, -0.05) is 152 Å². The minimum Gasteiger partial charge on any atom is -0.309 e. The average Bonchev–Trinajstić information content (AvgIpc) is 3.97. The Morgan fingerprint density at radius 2 is 1.11 bits per heavy atom. The zero-order valence-electron chi connectivity index (χ0n) is 35.2. The van der Waals surface area contributed by atoms with Crippen LogP contribution < -0.4 is 0 Å². The summed E-state index contributed by atoms with van der Waals surface area (Å²) in [6, 6.07) is 59.0. The van der Waals surface area contributed by atoms with Crippen molar-refractivity contribution in [3.8, 4) is 34.1 Å². The van der Waals surface area contributed by atoms with Gasteiger partial charge in [-0.3, -0.25) is 13.7 Å². The SMILES string of the molecule is C/C=C\C=C/c1c(C)n(-c2cc(-c3ccccc3)cc(-n3c4ccccc4c4c5c(ccc43)c3c(n5-c4ccccc4)C=CCC=C3)n2)c2c1c1ccccc1n2-c1ccccc1. The first-order valence-corrected chi connectivity index (χ1v) is 21.8. The zero-order valence-corrected chi connectivity index (χ0v) is 35.2. The standard InChI is InChI=1S/C58H43N5/c1-3-4-9-28-44-39(2)60(58-55(44)47-30-18-20-33-50(47)62(58)43-26-14-7-15-27-43)53-37-41(40-22-10-5-11-23-40)38-54(59-53)63-51-34-21-19-31-48(51)56-52(63)36-35-46-45-29-16-8-17-32-49(45)61(57(46)56)42-24-12-6-13-25-42/h3-7,9-38H,8H2,1-2H3/b4-3-,28-9-. The van der Waals surface area contributed by atoms with Gasteiger partial charge in [0.25, 0.3) is 0 Å². The van der Waals surface area contributed by atoms with Gasteiger partial charge in [0, 0.05) is 55.1 Å². The minimum absolute atomic E-state index is 0.848. The van der Waals surface area contributed by atoms with Crippen molar-refractivity contribution < 1.29 is 0 Å². The van der Waals surface area contributed by atoms with Crippen LogP contribution in [0.5, 0.6) is 0 Å². The number of fused-ring (bicyclic) bond motifs is 10. The summed E-state index contributed by atoms with van der Waals surface area (Å²) >= 11 is 0. The highest BCUT2D eigenvalue weighted by atomic mass is 15.2. The van der Waals surface area contributed by atoms with Crippen LogP contribution in [0, 0.1) is 6.92 Å². The average molecular weight is 810 g/mol. The molecule has 300 valence electrons. The molecular weight excluding hydrogens is 767 g/mol. The molecule has 0 atom stereocenters. The maximum atomic E-state index is 5.78. The second-order valence-electron chi connectivity index (χ2n) is 16.3. The van der Waals surface area contributed by atoms with E-state index < -0.39 is 0 Å². The Morgan fingerprint density at radius 1 is 0.508 bits per heavy atom. The van der Waals surface area contributed by atoms with Crippen molar-refractivity contribution in [3.05, 3.63) is 217 Å². The van der Waals surface area contributed by atoms with Crippen LogP contribution in [0.3, 0.4) is 0 Å². The van der Waals surface area contributed by atoms with Crippen LogP contribution in [0.2, 0.25) is 0 Å². The molecule has 63 heavy (non-hydrogen) atoms. The fourth-order valence-corrected chi connectivity index (χ4v) is 10.0. The number of para-hydroxylation sites is 4. The third kappa shape index (κ3) is 5.67. The molecule has 0 bridgehead atoms. The number of nitrogens with zero attached hydrogens (tertiary/aromatic N) is 5. The molecule has 0 spiro atoms. The van der Waals surface area contributed by atoms with E-state index in [1.165, 1.54) is 49.3 Å². The van der Waals surface area contributed by atoms with Crippen molar-refractivity contribution in [3.63, 3.8) is 0 Å². The molecule has 0 fully saturated rings. The van der Waals surface area contributed by atoms with E-state index in [-0.39, 0.29) is 0 Å². The van der Waals surface area contributed by atoms with E-state index in [1.807, 2.05) is 0 Å². The molecule has 5 heteroatoms. The number of benzene rings is 6. The summed E-state index contributed by atoms with van der Waals surface area (Å²) in [6.07, 6.45) is 18.6. The summed E-state index contributed by atoms with van der Waals surface area (Å²) in [6.45, 7) is 4.29. The Labute approximate surface area is 365 Å². The molecule has 6 aromatic carbocycles. The summed E-state index contributed by atoms with van der Waals surface area (Å²) in [5.41, 5.74) is 14.8. The van der Waals surface area contributed by atoms with Gasteiger partial charge in [-0.25, -0.2) is 4.98 Å². The lowest BCUT2D eigenvalue weighted by molar-refractivity contribution is 0.936. The van der Waals surface area contributed by atoms with Crippen LogP contribution in [-0.4, -0.2) is 23.3 Å². The van der Waals surface area contributed by atoms with Gasteiger partial charge in [-0.15, -0.1) is 0 Å². The maximum absolute atomic E-state index is 5.78. The number of hydrogen-bond acceptors (Lipinski definition) is 1. The van der Waals surface area contributed by atoms with Crippen LogP contribution in [0.15, 0.2) is 194 Å². The molecule has 5 nitrogen and oxygen atoms in total. The Bertz CT molecular complexity index is 3700. The number of rotatable bonds is 7. The molecule has 0 aliphatic heterocycles. The Hall–Kier alpha value is -8.15. The predicted molar refractivity (Wildman–Crippen MR) is 266 cm³/mol. The van der Waals surface area contributed by atoms with Crippen molar-refractivity contribution >= 4 is 72.9 Å². The van der Waals surface area contributed by atoms with E-state index in [0.29, 0.717) is 0 Å². The van der Waals surface area contributed by atoms with Gasteiger partial charge in [0.05, 0.1) is 27.8 Å². The fourth-order valence-electron chi connectivity index (χ4n) is 10.0. The van der Waals surface area contributed by atoms with Gasteiger partial charge in [0.1, 0.15) is 17.3 Å². The zero-order chi connectivity index (χ0) is 42.0. The molecule has 5 heterocycles. The molecule has 1 aliphatic rings. The number of aromatic nitrogens is 5. The molecule has 0 amide bonds. The summed E-state index contributed by atoms with van der Waals surface area (Å²) in [5, 5.41) is 6.02. The Balaban J connectivity index is 1.22. The molecule has 0 N–H and O–H groups in total. The first kappa shape index (κ1) is 36.7. The largest absolute Gasteiger partial charge is 0.309 e. The van der Waals surface area contributed by atoms with E-state index in [2.05, 4.69) is 245 Å². The van der Waals surface area contributed by atoms with Gasteiger partial charge in [-0.05, 0) is 92.1 Å². The highest BCUT2D eigenvalue weighted by molar-refractivity contribution is 6.22. The predicted octanol–water partition coefficient (Wildman–Crippen LogP) is 15.0. The van der Waals surface area contributed by atoms with Crippen molar-refractivity contribution in [2.24, 2.45) is 0 Å². The second-order valence-corrected chi connectivity index (χ2v) is 16.3. The van der Waals surface area contributed by atoms with Crippen LogP contribution in [0.25, 0.3) is 107 Å². The molecule has 5 aromatic heterocycles. The Kier molecular flexibility index (Phi) is 8.61. The Morgan fingerprint density at radius 3 is 1.83 bits per heavy atom. The maximum Gasteiger partial charge on any atom is 0.141 e. The molecule has 0 saturated heterocycles. The third-order valence-electron chi connectivity index (χ3n) is 12.7. The van der Waals surface area contributed by atoms with Crippen LogP contribution in [0.1, 0.15) is 35.9 Å². The van der Waals surface area contributed by atoms with E-state index >= 15 is 0 Å². The van der Waals surface area contributed by atoms with Gasteiger partial charge in [0.2, 0.25) is 0 Å². The number of hydrogen-bond donors (Lipinski definition) is 0. The molecular formula is C58H43N5. The van der Waals surface area contributed by atoms with Gasteiger partial charge >= 0.3 is 0 Å². The molecule has 12 rings (SSSR count). The van der Waals surface area contributed by atoms with Crippen molar-refractivity contribution in [1.82, 2.24) is 23.3 Å². The smallest absolute Gasteiger partial charge is 0.141 e. The minimum atomic E-state index is 0.848. The first-order chi connectivity index (χ1) is 31.2. The fraction of sp³-hybridized carbons (Fsp3) is 0.0517. The molecule has 11 aromatic rings. The van der Waals surface area contributed by atoms with Crippen molar-refractivity contribution in [2.45, 2.75) is 20.3 Å². The van der Waals surface area contributed by atoms with Gasteiger partial charge in [-0.2, -0.15) is 0 Å². The van der Waals surface area contributed by atoms with E-state index in [9.17, 15) is 0 Å². The lowest BCUT2D eigenvalue weighted by Gasteiger charge is -2.17. The van der Waals surface area contributed by atoms with E-state index in [4.69, 9.17) is 4.98 Å². The van der Waals surface area contributed by atoms with E-state index in [0.717, 1.165) is 68.4 Å². The summed E-state index contributed by atoms with van der Waals surface area (Å²) in [7, 11) is 0. The lowest BCUT2D eigenvalue weighted by atomic mass is 10.1. The topological polar surface area (TPSA) is 32.6 Å². The van der Waals surface area contributed by atoms with Crippen molar-refractivity contribution in [1.29, 1.82) is 0 Å². The lowest BCUT2D eigenvalue weighted by Crippen LogP contribution is -2.08. The number of pyridine rings is 1. The van der Waals surface area contributed by atoms with Crippen molar-refractivity contribution in [2.75, 3.05) is 0 Å². The monoisotopic (exact) mass is 809 g/mol. The van der Waals surface area contributed by atoms with Crippen LogP contribution in [-0.2, 0) is 0 Å². The third-order valence-corrected chi connectivity index (χ3v) is 12.7. The van der Waals surface area contributed by atoms with E-state index in [1.54, 1.807) is 0 Å². The van der Waals surface area contributed by atoms with Crippen LogP contribution >= 0.6 is 0 Å². The van der Waals surface area contributed by atoms with Crippen LogP contribution in [0.4, 0.5) is 0 Å². The quantitative estimate of drug-likeness (QED) is 0.148.